The summed E-state index contributed by atoms with van der Waals surface area (Å²) in [5.74, 6) is -3.18. The summed E-state index contributed by atoms with van der Waals surface area (Å²) in [6.07, 6.45) is 5.36. The van der Waals surface area contributed by atoms with Crippen molar-refractivity contribution in [2.75, 3.05) is 7.11 Å². The van der Waals surface area contributed by atoms with Gasteiger partial charge in [-0.15, -0.1) is 0 Å². The number of rotatable bonds is 12. The van der Waals surface area contributed by atoms with Gasteiger partial charge in [0.05, 0.1) is 13.2 Å². The summed E-state index contributed by atoms with van der Waals surface area (Å²) in [6.45, 7) is 14.4. The van der Waals surface area contributed by atoms with Crippen LogP contribution in [-0.4, -0.2) is 90.6 Å². The molecule has 0 bridgehead atoms. The number of hydrogen-bond donors (Lipinski definition) is 6. The van der Waals surface area contributed by atoms with Crippen molar-refractivity contribution in [3.8, 4) is 0 Å². The highest BCUT2D eigenvalue weighted by Crippen LogP contribution is 2.28. The van der Waals surface area contributed by atoms with E-state index in [2.05, 4.69) is 31.9 Å². The van der Waals surface area contributed by atoms with E-state index in [1.807, 2.05) is 0 Å². The van der Waals surface area contributed by atoms with Crippen LogP contribution in [0.3, 0.4) is 0 Å². The zero-order valence-electron chi connectivity index (χ0n) is 32.0. The molecular formula is C36H60N6O9. The first-order chi connectivity index (χ1) is 23.5. The van der Waals surface area contributed by atoms with Crippen LogP contribution in [-0.2, 0) is 38.2 Å². The van der Waals surface area contributed by atoms with Gasteiger partial charge in [0.2, 0.25) is 29.5 Å². The van der Waals surface area contributed by atoms with Crippen LogP contribution < -0.4 is 31.9 Å². The van der Waals surface area contributed by atoms with Crippen molar-refractivity contribution in [1.29, 1.82) is 0 Å². The van der Waals surface area contributed by atoms with Crippen molar-refractivity contribution in [3.05, 3.63) is 0 Å². The Balaban J connectivity index is 1.56. The minimum Gasteiger partial charge on any atom is -0.468 e. The van der Waals surface area contributed by atoms with Gasteiger partial charge in [0.25, 0.3) is 0 Å². The first-order valence-corrected chi connectivity index (χ1v) is 18.1. The number of methoxy groups -OCH3 is 1. The van der Waals surface area contributed by atoms with E-state index < -0.39 is 87.6 Å². The van der Waals surface area contributed by atoms with E-state index in [0.717, 1.165) is 19.3 Å². The Hall–Kier alpha value is -3.91. The van der Waals surface area contributed by atoms with E-state index in [-0.39, 0.29) is 12.1 Å². The molecule has 0 unspecified atom stereocenters. The molecular weight excluding hydrogens is 660 g/mol. The Bertz CT molecular complexity index is 1350. The highest BCUT2D eigenvalue weighted by atomic mass is 16.6. The van der Waals surface area contributed by atoms with E-state index in [0.29, 0.717) is 38.5 Å². The van der Waals surface area contributed by atoms with Crippen molar-refractivity contribution in [3.63, 3.8) is 0 Å². The predicted octanol–water partition coefficient (Wildman–Crippen LogP) is 2.11. The van der Waals surface area contributed by atoms with Crippen LogP contribution in [0.4, 0.5) is 4.79 Å². The number of ether oxygens (including phenoxy) is 2. The number of esters is 1. The van der Waals surface area contributed by atoms with Crippen molar-refractivity contribution in [1.82, 2.24) is 31.9 Å². The molecule has 288 valence electrons. The maximum atomic E-state index is 13.5. The molecule has 3 saturated carbocycles. The molecule has 0 spiro atoms. The lowest BCUT2D eigenvalue weighted by molar-refractivity contribution is -0.157. The second-order valence-electron chi connectivity index (χ2n) is 16.8. The second kappa shape index (κ2) is 16.2. The quantitative estimate of drug-likeness (QED) is 0.129. The van der Waals surface area contributed by atoms with Crippen LogP contribution in [0.25, 0.3) is 0 Å². The molecule has 3 fully saturated rings. The summed E-state index contributed by atoms with van der Waals surface area (Å²) in [4.78, 5) is 91.2. The molecule has 3 aliphatic carbocycles. The van der Waals surface area contributed by atoms with Crippen molar-refractivity contribution in [2.24, 2.45) is 16.2 Å². The number of amides is 6. The minimum atomic E-state index is -1.48. The number of alkyl carbamates (subject to hydrolysis) is 1. The van der Waals surface area contributed by atoms with Crippen LogP contribution >= 0.6 is 0 Å². The molecule has 0 saturated heterocycles. The van der Waals surface area contributed by atoms with Gasteiger partial charge in [0.1, 0.15) is 21.8 Å². The molecule has 15 nitrogen and oxygen atoms in total. The van der Waals surface area contributed by atoms with Gasteiger partial charge in [-0.25, -0.2) is 4.79 Å². The topological polar surface area (TPSA) is 210 Å². The highest BCUT2D eigenvalue weighted by Gasteiger charge is 2.45. The molecule has 6 atom stereocenters. The fourth-order valence-corrected chi connectivity index (χ4v) is 6.67. The number of carbonyl (C=O) groups is 7. The normalized spacial score (nSPS) is 25.3. The Morgan fingerprint density at radius 2 is 0.686 bits per heavy atom. The molecule has 0 radical (unpaired) electrons. The maximum Gasteiger partial charge on any atom is 0.407 e. The standard InChI is InChI=1S/C36H60N6O9/c1-33(2,3)51-32(49)42-25-19-13-18-24(25)40-29(46)35(6,7)28(45)38-21-15-11-14-20(21)37-26(43)34(4,5)27(44)39-22-16-12-17-23(22)41-30(47)36(8,9)31(48)50-10/h20-25H,11-19H2,1-10H3,(H,37,43)(H,38,45)(H,39,44)(H,40,46)(H,41,47)(H,42,49)/t20-,21-,22-,23-,24-,25-/m0/s1. The third-order valence-electron chi connectivity index (χ3n) is 10.4. The Morgan fingerprint density at radius 3 is 0.941 bits per heavy atom. The lowest BCUT2D eigenvalue weighted by atomic mass is 9.88. The fourth-order valence-electron chi connectivity index (χ4n) is 6.67. The molecule has 3 rings (SSSR count). The van der Waals surface area contributed by atoms with Gasteiger partial charge in [-0.1, -0.05) is 0 Å². The zero-order chi connectivity index (χ0) is 38.5. The van der Waals surface area contributed by atoms with Gasteiger partial charge in [0.15, 0.2) is 0 Å². The highest BCUT2D eigenvalue weighted by molar-refractivity contribution is 6.05. The fraction of sp³-hybridized carbons (Fsp3) is 0.806. The number of nitrogens with one attached hydrogen (secondary N) is 6. The SMILES string of the molecule is COC(=O)C(C)(C)C(=O)N[C@H]1CCC[C@@H]1NC(=O)C(C)(C)C(=O)N[C@H]1CCC[C@@H]1NC(=O)C(C)(C)C(=O)N[C@H]1CCC[C@@H]1NC(=O)OC(C)(C)C. The summed E-state index contributed by atoms with van der Waals surface area (Å²) in [7, 11) is 1.21. The summed E-state index contributed by atoms with van der Waals surface area (Å²) in [6, 6.07) is -2.43. The van der Waals surface area contributed by atoms with E-state index in [4.69, 9.17) is 9.47 Å². The Kier molecular flexibility index (Phi) is 13.2. The van der Waals surface area contributed by atoms with Gasteiger partial charge < -0.3 is 41.4 Å². The predicted molar refractivity (Wildman–Crippen MR) is 188 cm³/mol. The van der Waals surface area contributed by atoms with Crippen molar-refractivity contribution < 1.29 is 43.0 Å². The van der Waals surface area contributed by atoms with Crippen LogP contribution in [0.1, 0.15) is 120 Å². The molecule has 3 aliphatic rings. The molecule has 0 aliphatic heterocycles. The molecule has 15 heteroatoms. The van der Waals surface area contributed by atoms with Crippen molar-refractivity contribution >= 4 is 41.6 Å². The van der Waals surface area contributed by atoms with Crippen LogP contribution in [0.15, 0.2) is 0 Å². The third-order valence-corrected chi connectivity index (χ3v) is 10.4. The molecule has 0 aromatic carbocycles. The molecule has 0 aromatic rings. The van der Waals surface area contributed by atoms with E-state index in [1.165, 1.54) is 48.7 Å². The van der Waals surface area contributed by atoms with E-state index >= 15 is 0 Å². The van der Waals surface area contributed by atoms with Gasteiger partial charge in [-0.3, -0.25) is 28.8 Å². The first kappa shape index (κ1) is 41.5. The zero-order valence-corrected chi connectivity index (χ0v) is 32.0. The largest absolute Gasteiger partial charge is 0.468 e. The van der Waals surface area contributed by atoms with Gasteiger partial charge in [0, 0.05) is 30.2 Å². The second-order valence-corrected chi connectivity index (χ2v) is 16.8. The van der Waals surface area contributed by atoms with Crippen LogP contribution in [0, 0.1) is 16.2 Å². The third kappa shape index (κ3) is 10.3. The monoisotopic (exact) mass is 720 g/mol. The lowest BCUT2D eigenvalue weighted by Gasteiger charge is -2.32. The summed E-state index contributed by atoms with van der Waals surface area (Å²) in [5.41, 5.74) is -5.00. The number of hydrogen-bond acceptors (Lipinski definition) is 9. The number of carbonyl (C=O) groups excluding carboxylic acids is 7. The van der Waals surface area contributed by atoms with Crippen molar-refractivity contribution in [2.45, 2.75) is 162 Å². The van der Waals surface area contributed by atoms with Gasteiger partial charge in [-0.2, -0.15) is 0 Å². The molecule has 51 heavy (non-hydrogen) atoms. The Labute approximate surface area is 301 Å². The molecule has 6 amide bonds. The Morgan fingerprint density at radius 1 is 0.431 bits per heavy atom. The molecule has 0 heterocycles. The van der Waals surface area contributed by atoms with E-state index in [9.17, 15) is 33.6 Å². The average Bonchev–Trinajstić information content (AvgIpc) is 3.77. The van der Waals surface area contributed by atoms with Gasteiger partial charge >= 0.3 is 12.1 Å². The lowest BCUT2D eigenvalue weighted by Crippen LogP contribution is -2.59. The first-order valence-electron chi connectivity index (χ1n) is 18.1. The molecule has 6 N–H and O–H groups in total. The van der Waals surface area contributed by atoms with Crippen LogP contribution in [0.5, 0.6) is 0 Å². The summed E-state index contributed by atoms with van der Waals surface area (Å²) in [5, 5.41) is 17.5. The molecule has 0 aromatic heterocycles. The average molecular weight is 721 g/mol. The van der Waals surface area contributed by atoms with Crippen LogP contribution in [0.2, 0.25) is 0 Å². The van der Waals surface area contributed by atoms with Gasteiger partial charge in [-0.05, 0) is 120 Å². The van der Waals surface area contributed by atoms with E-state index in [1.54, 1.807) is 20.8 Å². The maximum absolute atomic E-state index is 13.5. The summed E-state index contributed by atoms with van der Waals surface area (Å²) >= 11 is 0. The smallest absolute Gasteiger partial charge is 0.407 e. The summed E-state index contributed by atoms with van der Waals surface area (Å²) < 4.78 is 10.1. The minimum absolute atomic E-state index is 0.324.